The molecule has 4 heterocycles. The Kier molecular flexibility index (Phi) is 6.34. The second-order valence-corrected chi connectivity index (χ2v) is 12.3. The number of hydrogen-bond donors (Lipinski definition) is 3. The van der Waals surface area contributed by atoms with Crippen molar-refractivity contribution >= 4 is 29.0 Å². The largest absolute Gasteiger partial charge is 0.393 e. The summed E-state index contributed by atoms with van der Waals surface area (Å²) in [6.45, 7) is 8.24. The van der Waals surface area contributed by atoms with Gasteiger partial charge in [-0.15, -0.1) is 11.3 Å². The number of aliphatic hydroxyl groups excluding tert-OH is 1. The van der Waals surface area contributed by atoms with Crippen molar-refractivity contribution in [2.75, 3.05) is 5.32 Å². The average molecular weight is 498 g/mol. The van der Waals surface area contributed by atoms with Gasteiger partial charge in [0, 0.05) is 35.4 Å². The summed E-state index contributed by atoms with van der Waals surface area (Å²) in [5.74, 6) is 0.412. The van der Waals surface area contributed by atoms with E-state index in [1.54, 1.807) is 6.20 Å². The zero-order chi connectivity index (χ0) is 24.9. The number of nitrogens with one attached hydrogen (secondary N) is 2. The Hall–Kier alpha value is -2.52. The predicted octanol–water partition coefficient (Wildman–Crippen LogP) is 4.13. The number of anilines is 1. The van der Waals surface area contributed by atoms with E-state index in [0.29, 0.717) is 23.4 Å². The molecule has 2 aliphatic heterocycles. The predicted molar refractivity (Wildman–Crippen MR) is 137 cm³/mol. The van der Waals surface area contributed by atoms with Gasteiger partial charge in [0.1, 0.15) is 11.5 Å². The van der Waals surface area contributed by atoms with Crippen LogP contribution in [0.4, 0.5) is 5.82 Å². The van der Waals surface area contributed by atoms with Crippen molar-refractivity contribution in [1.82, 2.24) is 20.2 Å². The van der Waals surface area contributed by atoms with Crippen molar-refractivity contribution in [3.05, 3.63) is 28.5 Å². The van der Waals surface area contributed by atoms with Gasteiger partial charge in [0.25, 0.3) is 11.8 Å². The molecular weight excluding hydrogens is 462 g/mol. The standard InChI is InChI=1S/C26H35N5O3S/c1-14-11-20(30-26(2,3)4)27-13-19(14)22-21(25(34)31-16-6-7-17(31)9-8-16)29-24(35-22)23(33)28-15-5-10-18(32)12-15/h11,13,15-18,32H,5-10,12H2,1-4H3,(H,27,30)(H,28,33)/t15-,16?,17?,18-/m1/s1. The first-order valence-corrected chi connectivity index (χ1v) is 13.5. The summed E-state index contributed by atoms with van der Waals surface area (Å²) in [6.07, 6.45) is 7.57. The Morgan fingerprint density at radius 1 is 1.11 bits per heavy atom. The maximum atomic E-state index is 13.8. The zero-order valence-electron chi connectivity index (χ0n) is 20.9. The van der Waals surface area contributed by atoms with Crippen molar-refractivity contribution < 1.29 is 14.7 Å². The molecule has 2 aromatic heterocycles. The van der Waals surface area contributed by atoms with Crippen molar-refractivity contribution in [3.63, 3.8) is 0 Å². The number of aryl methyl sites for hydroxylation is 1. The first kappa shape index (κ1) is 24.2. The third kappa shape index (κ3) is 4.93. The molecule has 2 aromatic rings. The summed E-state index contributed by atoms with van der Waals surface area (Å²) < 4.78 is 0. The van der Waals surface area contributed by atoms with Gasteiger partial charge < -0.3 is 20.6 Å². The summed E-state index contributed by atoms with van der Waals surface area (Å²) >= 11 is 1.25. The molecule has 2 bridgehead atoms. The van der Waals surface area contributed by atoms with Crippen molar-refractivity contribution in [2.45, 2.75) is 102 Å². The van der Waals surface area contributed by atoms with Crippen LogP contribution in [0.25, 0.3) is 10.4 Å². The topological polar surface area (TPSA) is 107 Å². The molecule has 0 radical (unpaired) electrons. The fourth-order valence-electron chi connectivity index (χ4n) is 5.69. The van der Waals surface area contributed by atoms with Gasteiger partial charge in [-0.2, -0.15) is 0 Å². The zero-order valence-corrected chi connectivity index (χ0v) is 21.7. The summed E-state index contributed by atoms with van der Waals surface area (Å²) in [5.41, 5.74) is 2.03. The summed E-state index contributed by atoms with van der Waals surface area (Å²) in [5, 5.41) is 16.5. The lowest BCUT2D eigenvalue weighted by Crippen LogP contribution is -2.36. The highest BCUT2D eigenvalue weighted by atomic mass is 32.1. The Morgan fingerprint density at radius 2 is 1.80 bits per heavy atom. The van der Waals surface area contributed by atoms with Crippen LogP contribution in [0.15, 0.2) is 12.3 Å². The van der Waals surface area contributed by atoms with Crippen LogP contribution >= 0.6 is 11.3 Å². The van der Waals surface area contributed by atoms with Crippen molar-refractivity contribution in [1.29, 1.82) is 0 Å². The van der Waals surface area contributed by atoms with Crippen LogP contribution in [0.3, 0.4) is 0 Å². The van der Waals surface area contributed by atoms with E-state index in [1.165, 1.54) is 11.3 Å². The molecule has 8 nitrogen and oxygen atoms in total. The van der Waals surface area contributed by atoms with Gasteiger partial charge in [-0.1, -0.05) is 0 Å². The van der Waals surface area contributed by atoms with E-state index in [2.05, 4.69) is 41.4 Å². The minimum atomic E-state index is -0.371. The van der Waals surface area contributed by atoms with Gasteiger partial charge in [-0.05, 0) is 84.3 Å². The molecule has 2 atom stereocenters. The minimum Gasteiger partial charge on any atom is -0.393 e. The van der Waals surface area contributed by atoms with Gasteiger partial charge in [-0.25, -0.2) is 9.97 Å². The second-order valence-electron chi connectivity index (χ2n) is 11.3. The fraction of sp³-hybridized carbons (Fsp3) is 0.615. The van der Waals surface area contributed by atoms with E-state index in [-0.39, 0.29) is 46.6 Å². The number of pyridine rings is 1. The Labute approximate surface area is 210 Å². The third-order valence-corrected chi connectivity index (χ3v) is 8.40. The quantitative estimate of drug-likeness (QED) is 0.573. The van der Waals surface area contributed by atoms with Crippen LogP contribution in [0.5, 0.6) is 0 Å². The highest BCUT2D eigenvalue weighted by Gasteiger charge is 2.44. The van der Waals surface area contributed by atoms with Gasteiger partial charge in [0.05, 0.1) is 11.0 Å². The van der Waals surface area contributed by atoms with Gasteiger partial charge in [0.15, 0.2) is 5.01 Å². The lowest BCUT2D eigenvalue weighted by atomic mass is 10.0. The molecule has 3 aliphatic rings. The number of thiazole rings is 1. The van der Waals surface area contributed by atoms with E-state index >= 15 is 0 Å². The van der Waals surface area contributed by atoms with Gasteiger partial charge in [-0.3, -0.25) is 9.59 Å². The molecule has 2 saturated heterocycles. The number of aromatic nitrogens is 2. The highest BCUT2D eigenvalue weighted by Crippen LogP contribution is 2.41. The third-order valence-electron chi connectivity index (χ3n) is 7.31. The number of hydrogen-bond acceptors (Lipinski definition) is 7. The Morgan fingerprint density at radius 3 is 2.37 bits per heavy atom. The number of fused-ring (bicyclic) bond motifs is 2. The number of aliphatic hydroxyl groups is 1. The van der Waals surface area contributed by atoms with Gasteiger partial charge >= 0.3 is 0 Å². The highest BCUT2D eigenvalue weighted by molar-refractivity contribution is 7.17. The maximum absolute atomic E-state index is 13.8. The van der Waals surface area contributed by atoms with Crippen LogP contribution in [0.1, 0.15) is 91.6 Å². The first-order valence-electron chi connectivity index (χ1n) is 12.7. The van der Waals surface area contributed by atoms with Crippen LogP contribution in [0, 0.1) is 6.92 Å². The monoisotopic (exact) mass is 497 g/mol. The number of carbonyl (C=O) groups excluding carboxylic acids is 2. The molecule has 1 aliphatic carbocycles. The van der Waals surface area contributed by atoms with Gasteiger partial charge in [0.2, 0.25) is 0 Å². The molecule has 5 rings (SSSR count). The summed E-state index contributed by atoms with van der Waals surface area (Å²) in [7, 11) is 0. The molecular formula is C26H35N5O3S. The molecule has 9 heteroatoms. The molecule has 188 valence electrons. The normalized spacial score (nSPS) is 25.8. The minimum absolute atomic E-state index is 0.0652. The number of carbonyl (C=O) groups is 2. The van der Waals surface area contributed by atoms with E-state index in [0.717, 1.165) is 49.0 Å². The van der Waals surface area contributed by atoms with Crippen LogP contribution in [-0.2, 0) is 0 Å². The maximum Gasteiger partial charge on any atom is 0.280 e. The molecule has 0 spiro atoms. The van der Waals surface area contributed by atoms with E-state index in [1.807, 2.05) is 17.9 Å². The lowest BCUT2D eigenvalue weighted by molar-refractivity contribution is 0.0725. The fourth-order valence-corrected chi connectivity index (χ4v) is 6.73. The average Bonchev–Trinajstić information content (AvgIpc) is 3.56. The molecule has 2 amide bonds. The van der Waals surface area contributed by atoms with E-state index < -0.39 is 0 Å². The lowest BCUT2D eigenvalue weighted by Gasteiger charge is -2.22. The molecule has 3 N–H and O–H groups in total. The summed E-state index contributed by atoms with van der Waals surface area (Å²) in [6, 6.07) is 2.46. The molecule has 35 heavy (non-hydrogen) atoms. The molecule has 0 aromatic carbocycles. The van der Waals surface area contributed by atoms with Crippen LogP contribution in [0.2, 0.25) is 0 Å². The van der Waals surface area contributed by atoms with E-state index in [4.69, 9.17) is 0 Å². The molecule has 0 unspecified atom stereocenters. The number of amides is 2. The van der Waals surface area contributed by atoms with Crippen molar-refractivity contribution in [2.24, 2.45) is 0 Å². The van der Waals surface area contributed by atoms with E-state index in [9.17, 15) is 14.7 Å². The first-order chi connectivity index (χ1) is 16.6. The second kappa shape index (κ2) is 9.17. The summed E-state index contributed by atoms with van der Waals surface area (Å²) in [4.78, 5) is 38.8. The van der Waals surface area contributed by atoms with Crippen LogP contribution in [-0.4, -0.2) is 61.6 Å². The SMILES string of the molecule is Cc1cc(NC(C)(C)C)ncc1-c1sc(C(=O)N[C@@H]2CC[C@@H](O)C2)nc1C(=O)N1C2CCC1CC2. The number of rotatable bonds is 5. The molecule has 1 saturated carbocycles. The van der Waals surface area contributed by atoms with Crippen LogP contribution < -0.4 is 10.6 Å². The Balaban J connectivity index is 1.49. The van der Waals surface area contributed by atoms with Crippen molar-refractivity contribution in [3.8, 4) is 10.4 Å². The molecule has 3 fully saturated rings. The number of nitrogens with zero attached hydrogens (tertiary/aromatic N) is 3. The smallest absolute Gasteiger partial charge is 0.280 e. The Bertz CT molecular complexity index is 1120.